The van der Waals surface area contributed by atoms with Gasteiger partial charge in [-0.15, -0.1) is 0 Å². The van der Waals surface area contributed by atoms with Gasteiger partial charge in [0.25, 0.3) is 5.91 Å². The van der Waals surface area contributed by atoms with Gasteiger partial charge in [0.2, 0.25) is 10.0 Å². The van der Waals surface area contributed by atoms with Crippen LogP contribution in [-0.2, 0) is 16.6 Å². The number of carbonyl (C=O) groups excluding carboxylic acids is 1. The van der Waals surface area contributed by atoms with E-state index >= 15 is 0 Å². The van der Waals surface area contributed by atoms with Gasteiger partial charge in [0.1, 0.15) is 11.5 Å². The molecule has 3 rings (SSSR count). The molecule has 1 atom stereocenters. The van der Waals surface area contributed by atoms with Crippen molar-refractivity contribution in [2.24, 2.45) is 0 Å². The number of hydrogen-bond donors (Lipinski definition) is 2. The number of furan rings is 1. The number of sulfonamides is 1. The first-order chi connectivity index (χ1) is 14.4. The summed E-state index contributed by atoms with van der Waals surface area (Å²) in [6.45, 7) is 4.08. The molecule has 0 aliphatic rings. The predicted octanol–water partition coefficient (Wildman–Crippen LogP) is 4.19. The lowest BCUT2D eigenvalue weighted by atomic mass is 10.2. The molecule has 0 spiro atoms. The van der Waals surface area contributed by atoms with E-state index in [1.54, 1.807) is 48.5 Å². The highest BCUT2D eigenvalue weighted by atomic mass is 32.2. The molecule has 0 bridgehead atoms. The summed E-state index contributed by atoms with van der Waals surface area (Å²) in [5.74, 6) is 0.928. The number of carbonyl (C=O) groups is 1. The van der Waals surface area contributed by atoms with Gasteiger partial charge >= 0.3 is 0 Å². The molecule has 0 aliphatic heterocycles. The van der Waals surface area contributed by atoms with Gasteiger partial charge in [-0.2, -0.15) is 0 Å². The van der Waals surface area contributed by atoms with Crippen LogP contribution in [-0.4, -0.2) is 20.4 Å². The van der Waals surface area contributed by atoms with Crippen LogP contribution in [0.2, 0.25) is 0 Å². The summed E-state index contributed by atoms with van der Waals surface area (Å²) in [7, 11) is -3.69. The third-order valence-corrected chi connectivity index (χ3v) is 5.88. The molecule has 0 aliphatic carbocycles. The number of anilines is 1. The van der Waals surface area contributed by atoms with Gasteiger partial charge in [-0.05, 0) is 74.0 Å². The number of rotatable bonds is 9. The van der Waals surface area contributed by atoms with Gasteiger partial charge in [-0.25, -0.2) is 13.1 Å². The highest BCUT2D eigenvalue weighted by Crippen LogP contribution is 2.18. The van der Waals surface area contributed by atoms with E-state index in [0.29, 0.717) is 22.8 Å². The Labute approximate surface area is 176 Å². The van der Waals surface area contributed by atoms with Gasteiger partial charge in [-0.3, -0.25) is 4.79 Å². The van der Waals surface area contributed by atoms with Crippen molar-refractivity contribution in [1.82, 2.24) is 4.72 Å². The van der Waals surface area contributed by atoms with Crippen LogP contribution in [0.15, 0.2) is 76.2 Å². The Kier molecular flexibility index (Phi) is 6.91. The highest BCUT2D eigenvalue weighted by molar-refractivity contribution is 7.89. The maximum atomic E-state index is 12.4. The zero-order chi connectivity index (χ0) is 21.6. The van der Waals surface area contributed by atoms with Crippen LogP contribution < -0.4 is 14.8 Å². The molecule has 1 amide bonds. The molecule has 2 N–H and O–H groups in total. The number of benzene rings is 2. The van der Waals surface area contributed by atoms with Gasteiger partial charge in [0.05, 0.1) is 23.8 Å². The summed E-state index contributed by atoms with van der Waals surface area (Å²) in [5.41, 5.74) is 0.966. The third kappa shape index (κ3) is 5.71. The Bertz CT molecular complexity index is 1060. The first-order valence-corrected chi connectivity index (χ1v) is 11.1. The van der Waals surface area contributed by atoms with E-state index in [1.165, 1.54) is 18.4 Å². The van der Waals surface area contributed by atoms with Crippen molar-refractivity contribution in [3.63, 3.8) is 0 Å². The summed E-state index contributed by atoms with van der Waals surface area (Å²) < 4.78 is 38.0. The Hall–Kier alpha value is -3.10. The Balaban J connectivity index is 1.60. The standard InChI is InChI=1S/C22H24N2O5S/c1-3-16(2)29-19-10-6-17(7-11-19)22(25)24-18-8-12-21(13-9-18)30(26,27)23-15-20-5-4-14-28-20/h4-14,16,23H,3,15H2,1-2H3,(H,24,25). The number of nitrogens with one attached hydrogen (secondary N) is 2. The molecule has 0 saturated carbocycles. The molecule has 7 nitrogen and oxygen atoms in total. The van der Waals surface area contributed by atoms with E-state index in [0.717, 1.165) is 6.42 Å². The van der Waals surface area contributed by atoms with E-state index in [-0.39, 0.29) is 23.5 Å². The van der Waals surface area contributed by atoms with Gasteiger partial charge in [0, 0.05) is 11.3 Å². The second-order valence-corrected chi connectivity index (χ2v) is 8.51. The van der Waals surface area contributed by atoms with Crippen molar-refractivity contribution >= 4 is 21.6 Å². The minimum Gasteiger partial charge on any atom is -0.491 e. The largest absolute Gasteiger partial charge is 0.491 e. The SMILES string of the molecule is CCC(C)Oc1ccc(C(=O)Nc2ccc(S(=O)(=O)NCc3ccco3)cc2)cc1. The second-order valence-electron chi connectivity index (χ2n) is 6.74. The monoisotopic (exact) mass is 428 g/mol. The van der Waals surface area contributed by atoms with E-state index < -0.39 is 10.0 Å². The van der Waals surface area contributed by atoms with Gasteiger partial charge in [-0.1, -0.05) is 6.92 Å². The molecule has 1 heterocycles. The maximum Gasteiger partial charge on any atom is 0.255 e. The lowest BCUT2D eigenvalue weighted by Crippen LogP contribution is -2.23. The second kappa shape index (κ2) is 9.60. The van der Waals surface area contributed by atoms with Crippen LogP contribution in [0.5, 0.6) is 5.75 Å². The van der Waals surface area contributed by atoms with Crippen LogP contribution >= 0.6 is 0 Å². The molecule has 8 heteroatoms. The average Bonchev–Trinajstić information content (AvgIpc) is 3.27. The Morgan fingerprint density at radius 2 is 1.77 bits per heavy atom. The lowest BCUT2D eigenvalue weighted by Gasteiger charge is -2.13. The molecular formula is C22H24N2O5S. The van der Waals surface area contributed by atoms with Crippen LogP contribution in [0, 0.1) is 0 Å². The van der Waals surface area contributed by atoms with Crippen molar-refractivity contribution in [3.8, 4) is 5.75 Å². The smallest absolute Gasteiger partial charge is 0.255 e. The molecule has 0 radical (unpaired) electrons. The molecule has 0 fully saturated rings. The number of hydrogen-bond acceptors (Lipinski definition) is 5. The topological polar surface area (TPSA) is 97.6 Å². The van der Waals surface area contributed by atoms with Gasteiger partial charge < -0.3 is 14.5 Å². The first-order valence-electron chi connectivity index (χ1n) is 9.57. The lowest BCUT2D eigenvalue weighted by molar-refractivity contribution is 0.102. The summed E-state index contributed by atoms with van der Waals surface area (Å²) >= 11 is 0. The number of amides is 1. The van der Waals surface area contributed by atoms with E-state index in [4.69, 9.17) is 9.15 Å². The first kappa shape index (κ1) is 21.6. The van der Waals surface area contributed by atoms with E-state index in [2.05, 4.69) is 10.0 Å². The fourth-order valence-corrected chi connectivity index (χ4v) is 3.58. The molecular weight excluding hydrogens is 404 g/mol. The summed E-state index contributed by atoms with van der Waals surface area (Å²) in [6.07, 6.45) is 2.48. The van der Waals surface area contributed by atoms with E-state index in [1.807, 2.05) is 13.8 Å². The predicted molar refractivity (Wildman–Crippen MR) is 114 cm³/mol. The minimum atomic E-state index is -3.69. The summed E-state index contributed by atoms with van der Waals surface area (Å²) in [5, 5.41) is 2.75. The molecule has 1 unspecified atom stereocenters. The summed E-state index contributed by atoms with van der Waals surface area (Å²) in [4.78, 5) is 12.5. The molecule has 1 aromatic heterocycles. The number of ether oxygens (including phenoxy) is 1. The van der Waals surface area contributed by atoms with Crippen molar-refractivity contribution < 1.29 is 22.4 Å². The maximum absolute atomic E-state index is 12.4. The van der Waals surface area contributed by atoms with Crippen molar-refractivity contribution in [2.45, 2.75) is 37.8 Å². The zero-order valence-corrected chi connectivity index (χ0v) is 17.6. The Morgan fingerprint density at radius 1 is 1.07 bits per heavy atom. The minimum absolute atomic E-state index is 0.0601. The average molecular weight is 429 g/mol. The van der Waals surface area contributed by atoms with Crippen molar-refractivity contribution in [1.29, 1.82) is 0 Å². The third-order valence-electron chi connectivity index (χ3n) is 4.47. The Morgan fingerprint density at radius 3 is 2.37 bits per heavy atom. The van der Waals surface area contributed by atoms with E-state index in [9.17, 15) is 13.2 Å². The molecule has 0 saturated heterocycles. The fraction of sp³-hybridized carbons (Fsp3) is 0.227. The molecule has 158 valence electrons. The van der Waals surface area contributed by atoms with Crippen molar-refractivity contribution in [2.75, 3.05) is 5.32 Å². The van der Waals surface area contributed by atoms with Crippen LogP contribution in [0.3, 0.4) is 0 Å². The van der Waals surface area contributed by atoms with Gasteiger partial charge in [0.15, 0.2) is 0 Å². The van der Waals surface area contributed by atoms with Crippen molar-refractivity contribution in [3.05, 3.63) is 78.3 Å². The highest BCUT2D eigenvalue weighted by Gasteiger charge is 2.15. The molecule has 30 heavy (non-hydrogen) atoms. The zero-order valence-electron chi connectivity index (χ0n) is 16.8. The molecule has 3 aromatic rings. The fourth-order valence-electron chi connectivity index (χ4n) is 2.58. The van der Waals surface area contributed by atoms with Crippen LogP contribution in [0.25, 0.3) is 0 Å². The quantitative estimate of drug-likeness (QED) is 0.533. The van der Waals surface area contributed by atoms with Crippen LogP contribution in [0.4, 0.5) is 5.69 Å². The summed E-state index contributed by atoms with van der Waals surface area (Å²) in [6, 6.07) is 16.2. The normalized spacial score (nSPS) is 12.3. The van der Waals surface area contributed by atoms with Crippen LogP contribution in [0.1, 0.15) is 36.4 Å². The molecule has 2 aromatic carbocycles.